The second-order valence-corrected chi connectivity index (χ2v) is 44.4. The lowest BCUT2D eigenvalue weighted by atomic mass is 9.86. The van der Waals surface area contributed by atoms with Crippen molar-refractivity contribution in [1.29, 1.82) is 0 Å². The Balaban J connectivity index is 0.000000101. The summed E-state index contributed by atoms with van der Waals surface area (Å²) < 4.78 is 21.9. The zero-order chi connectivity index (χ0) is 94.5. The molecular formula is C126H114N6O2S2. The highest BCUT2D eigenvalue weighted by molar-refractivity contribution is 7.26. The SMILES string of the molecule is CC(C)(C)c1ccc(-c2nc3ccccc3c3nc4ccccc4n23)cc1.CC(C)(C)c1ccc2oc3ccc(-c4ccccc4)cc3c2c1.CC(C)(C)c1ccc2oc3ccc4ccccc4c3c2c1.CC(C)(C)c1ccc2sc3ccc(-c4ccccc4)cc3c2c1.CC(C)(C)c1ccc2sc3ccc4ccccc4c3c2c1.CC(C)(C)c1nc2ccccc2c2nc3ccccc3n12. The molecule has 0 fully saturated rings. The van der Waals surface area contributed by atoms with Crippen molar-refractivity contribution in [2.24, 2.45) is 0 Å². The Morgan fingerprint density at radius 1 is 0.213 bits per heavy atom. The summed E-state index contributed by atoms with van der Waals surface area (Å²) in [6.45, 7) is 40.4. The molecule has 25 aromatic rings. The molecule has 0 aliphatic rings. The van der Waals surface area contributed by atoms with Crippen LogP contribution in [-0.2, 0) is 32.5 Å². The lowest BCUT2D eigenvalue weighted by Gasteiger charge is -2.20. The van der Waals surface area contributed by atoms with Crippen LogP contribution in [0.5, 0.6) is 0 Å². The first-order chi connectivity index (χ1) is 65.2. The summed E-state index contributed by atoms with van der Waals surface area (Å²) in [7, 11) is 0. The van der Waals surface area contributed by atoms with Crippen LogP contribution in [-0.4, -0.2) is 28.7 Å². The van der Waals surface area contributed by atoms with Gasteiger partial charge < -0.3 is 8.83 Å². The molecular weight excluding hydrogens is 1690 g/mol. The third-order valence-electron chi connectivity index (χ3n) is 26.3. The summed E-state index contributed by atoms with van der Waals surface area (Å²) in [6, 6.07) is 129. The molecule has 0 saturated carbocycles. The van der Waals surface area contributed by atoms with Gasteiger partial charge in [0.15, 0.2) is 0 Å². The number of aromatic nitrogens is 6. The molecule has 0 radical (unpaired) electrons. The van der Waals surface area contributed by atoms with Crippen molar-refractivity contribution in [1.82, 2.24) is 28.7 Å². The van der Waals surface area contributed by atoms with E-state index in [1.54, 1.807) is 0 Å². The number of thiophene rings is 2. The fourth-order valence-corrected chi connectivity index (χ4v) is 20.8. The third kappa shape index (κ3) is 17.5. The number of nitrogens with zero attached hydrogens (tertiary/aromatic N) is 6. The summed E-state index contributed by atoms with van der Waals surface area (Å²) >= 11 is 3.78. The van der Waals surface area contributed by atoms with Crippen molar-refractivity contribution in [3.8, 4) is 33.6 Å². The molecule has 672 valence electrons. The lowest BCUT2D eigenvalue weighted by molar-refractivity contribution is 0.542. The number of hydrogen-bond acceptors (Lipinski definition) is 8. The van der Waals surface area contributed by atoms with Crippen molar-refractivity contribution in [2.45, 2.75) is 157 Å². The fraction of sp³-hybridized carbons (Fsp3) is 0.190. The highest BCUT2D eigenvalue weighted by Gasteiger charge is 2.27. The normalized spacial score (nSPS) is 12.3. The molecule has 25 rings (SSSR count). The maximum absolute atomic E-state index is 6.03. The quantitative estimate of drug-likeness (QED) is 0.175. The number of rotatable bonds is 3. The van der Waals surface area contributed by atoms with Gasteiger partial charge in [-0.25, -0.2) is 19.9 Å². The first-order valence-corrected chi connectivity index (χ1v) is 49.0. The Morgan fingerprint density at radius 3 is 1.10 bits per heavy atom. The number of imidazole rings is 2. The van der Waals surface area contributed by atoms with Crippen LogP contribution in [0.2, 0.25) is 0 Å². The van der Waals surface area contributed by atoms with Gasteiger partial charge in [0.1, 0.15) is 45.3 Å². The van der Waals surface area contributed by atoms with Crippen LogP contribution in [0.25, 0.3) is 195 Å². The second-order valence-electron chi connectivity index (χ2n) is 42.2. The van der Waals surface area contributed by atoms with Crippen molar-refractivity contribution < 1.29 is 8.83 Å². The summed E-state index contributed by atoms with van der Waals surface area (Å²) in [6.07, 6.45) is 0. The van der Waals surface area contributed by atoms with E-state index in [4.69, 9.17) is 28.8 Å². The summed E-state index contributed by atoms with van der Waals surface area (Å²) in [5.41, 5.74) is 25.6. The average Bonchev–Trinajstić information content (AvgIpc) is 1.59. The van der Waals surface area contributed by atoms with Crippen LogP contribution in [0.4, 0.5) is 0 Å². The minimum Gasteiger partial charge on any atom is -0.456 e. The van der Waals surface area contributed by atoms with E-state index >= 15 is 0 Å². The van der Waals surface area contributed by atoms with Crippen LogP contribution < -0.4 is 0 Å². The standard InChI is InChI=1S/C24H21N3.C22H20O.C22H20S.C20H18O.C20H18S.C18H17N3/c1-24(2,3)17-14-12-16(13-15-17)22-25-19-9-5-4-8-18(19)23-26-20-10-6-7-11-21(20)27(22)23;2*1-22(2,3)17-10-12-21-19(14-17)18-13-16(9-11-20(18)23-21)15-7-5-4-6-8-15;2*1-20(2,3)14-9-11-17-16(12-14)19-15-7-5-4-6-13(15)8-10-18(19)21-17;1-18(2,3)17-20-13-9-5-4-8-12(13)16-19-14-10-6-7-11-15(14)21(16)17/h4-15H,1-3H3;2*4-14H,1-3H3;2*4-12H,1-3H3;4-11H,1-3H3. The monoisotopic (exact) mass is 1810 g/mol. The Bertz CT molecular complexity index is 8510. The van der Waals surface area contributed by atoms with Crippen molar-refractivity contribution in [2.75, 3.05) is 0 Å². The molecule has 0 aliphatic heterocycles. The smallest absolute Gasteiger partial charge is 0.149 e. The van der Waals surface area contributed by atoms with Gasteiger partial charge in [0, 0.05) is 83.6 Å². The van der Waals surface area contributed by atoms with E-state index in [2.05, 4.69) is 455 Å². The Labute approximate surface area is 803 Å². The average molecular weight is 1810 g/mol. The number of hydrogen-bond donors (Lipinski definition) is 0. The number of benzene rings is 17. The lowest BCUT2D eigenvalue weighted by Crippen LogP contribution is -2.18. The Hall–Kier alpha value is -14.4. The Morgan fingerprint density at radius 2 is 0.559 bits per heavy atom. The molecule has 8 nitrogen and oxygen atoms in total. The number of furan rings is 2. The zero-order valence-corrected chi connectivity index (χ0v) is 82.6. The van der Waals surface area contributed by atoms with Crippen molar-refractivity contribution in [3.05, 3.63) is 398 Å². The van der Waals surface area contributed by atoms with Gasteiger partial charge in [-0.1, -0.05) is 355 Å². The zero-order valence-electron chi connectivity index (χ0n) is 81.0. The maximum atomic E-state index is 6.03. The van der Waals surface area contributed by atoms with Gasteiger partial charge >= 0.3 is 0 Å². The summed E-state index contributed by atoms with van der Waals surface area (Å²) in [4.78, 5) is 19.7. The fourth-order valence-electron chi connectivity index (χ4n) is 18.6. The molecule has 0 aliphatic carbocycles. The molecule has 0 atom stereocenters. The first-order valence-electron chi connectivity index (χ1n) is 47.4. The molecule has 0 N–H and O–H groups in total. The Kier molecular flexibility index (Phi) is 23.1. The van der Waals surface area contributed by atoms with E-state index in [0.29, 0.717) is 0 Å². The molecule has 136 heavy (non-hydrogen) atoms. The van der Waals surface area contributed by atoms with Crippen LogP contribution in [0.3, 0.4) is 0 Å². The van der Waals surface area contributed by atoms with Crippen LogP contribution in [0, 0.1) is 0 Å². The number of fused-ring (bicyclic) bond motifs is 26. The van der Waals surface area contributed by atoms with E-state index in [0.717, 1.165) is 94.7 Å². The minimum absolute atomic E-state index is 0.0498. The van der Waals surface area contributed by atoms with Gasteiger partial charge in [0.05, 0.1) is 33.1 Å². The van der Waals surface area contributed by atoms with Gasteiger partial charge in [0.25, 0.3) is 0 Å². The van der Waals surface area contributed by atoms with Crippen molar-refractivity contribution in [3.63, 3.8) is 0 Å². The second kappa shape index (κ2) is 35.1. The van der Waals surface area contributed by atoms with Crippen LogP contribution >= 0.6 is 22.7 Å². The number of para-hydroxylation sites is 6. The predicted octanol–water partition coefficient (Wildman–Crippen LogP) is 36.4. The molecule has 0 bridgehead atoms. The van der Waals surface area contributed by atoms with E-state index in [9.17, 15) is 0 Å². The van der Waals surface area contributed by atoms with Crippen LogP contribution in [0.1, 0.15) is 158 Å². The van der Waals surface area contributed by atoms with Gasteiger partial charge in [0.2, 0.25) is 0 Å². The van der Waals surface area contributed by atoms with Gasteiger partial charge in [-0.05, 0) is 232 Å². The highest BCUT2D eigenvalue weighted by Crippen LogP contribution is 2.45. The first kappa shape index (κ1) is 89.4. The molecule has 0 saturated heterocycles. The largest absolute Gasteiger partial charge is 0.456 e. The van der Waals surface area contributed by atoms with Gasteiger partial charge in [-0.3, -0.25) is 8.80 Å². The van der Waals surface area contributed by atoms with E-state index < -0.39 is 0 Å². The predicted molar refractivity (Wildman–Crippen MR) is 586 cm³/mol. The molecule has 17 aromatic carbocycles. The molecule has 10 heteroatoms. The maximum Gasteiger partial charge on any atom is 0.149 e. The van der Waals surface area contributed by atoms with Crippen molar-refractivity contribution >= 4 is 184 Å². The van der Waals surface area contributed by atoms with Gasteiger partial charge in [-0.15, -0.1) is 22.7 Å². The van der Waals surface area contributed by atoms with E-state index in [1.165, 1.54) is 134 Å². The molecule has 8 heterocycles. The summed E-state index contributed by atoms with van der Waals surface area (Å²) in [5.74, 6) is 1.97. The third-order valence-corrected chi connectivity index (χ3v) is 28.6. The molecule has 0 unspecified atom stereocenters. The van der Waals surface area contributed by atoms with E-state index in [1.807, 2.05) is 65.1 Å². The molecule has 8 aromatic heterocycles. The minimum atomic E-state index is -0.0498. The molecule has 0 spiro atoms. The summed E-state index contributed by atoms with van der Waals surface area (Å²) in [5, 5.41) is 17.8. The van der Waals surface area contributed by atoms with Crippen LogP contribution in [0.15, 0.2) is 373 Å². The highest BCUT2D eigenvalue weighted by atomic mass is 32.1. The molecule has 0 amide bonds. The van der Waals surface area contributed by atoms with E-state index in [-0.39, 0.29) is 32.5 Å². The van der Waals surface area contributed by atoms with Gasteiger partial charge in [-0.2, -0.15) is 0 Å². The topological polar surface area (TPSA) is 86.7 Å².